The van der Waals surface area contributed by atoms with Crippen LogP contribution in [0.1, 0.15) is 30.1 Å². The van der Waals surface area contributed by atoms with Gasteiger partial charge in [0, 0.05) is 51.9 Å². The van der Waals surface area contributed by atoms with E-state index in [1.807, 2.05) is 0 Å². The summed E-state index contributed by atoms with van der Waals surface area (Å²) in [7, 11) is 2.16. The zero-order chi connectivity index (χ0) is 11.7. The van der Waals surface area contributed by atoms with Gasteiger partial charge in [-0.25, -0.2) is 4.98 Å². The minimum atomic E-state index is 0.666. The second-order valence-electron chi connectivity index (χ2n) is 5.19. The van der Waals surface area contributed by atoms with Gasteiger partial charge in [-0.15, -0.1) is 0 Å². The summed E-state index contributed by atoms with van der Waals surface area (Å²) in [6, 6.07) is 0. The van der Waals surface area contributed by atoms with E-state index in [0.717, 1.165) is 39.1 Å². The number of hydrogen-bond donors (Lipinski definition) is 1. The minimum Gasteiger partial charge on any atom is -0.381 e. The van der Waals surface area contributed by atoms with Gasteiger partial charge in [-0.2, -0.15) is 0 Å². The summed E-state index contributed by atoms with van der Waals surface area (Å²) in [4.78, 5) is 4.79. The molecule has 1 fully saturated rings. The number of imidazole rings is 1. The van der Waals surface area contributed by atoms with Gasteiger partial charge in [0.25, 0.3) is 0 Å². The van der Waals surface area contributed by atoms with Crippen LogP contribution < -0.4 is 5.32 Å². The molecule has 94 valence electrons. The van der Waals surface area contributed by atoms with Crippen LogP contribution in [0.3, 0.4) is 0 Å². The molecule has 1 N–H and O–H groups in total. The van der Waals surface area contributed by atoms with E-state index in [9.17, 15) is 0 Å². The zero-order valence-electron chi connectivity index (χ0n) is 10.5. The molecule has 4 nitrogen and oxygen atoms in total. The Morgan fingerprint density at radius 1 is 1.53 bits per heavy atom. The van der Waals surface area contributed by atoms with E-state index in [4.69, 9.17) is 9.72 Å². The van der Waals surface area contributed by atoms with Gasteiger partial charge < -0.3 is 14.6 Å². The van der Waals surface area contributed by atoms with Crippen LogP contribution in [0.25, 0.3) is 0 Å². The molecule has 1 aromatic rings. The monoisotopic (exact) mass is 235 g/mol. The Morgan fingerprint density at radius 2 is 2.47 bits per heavy atom. The molecule has 0 radical (unpaired) electrons. The Hall–Kier alpha value is -0.870. The van der Waals surface area contributed by atoms with Crippen LogP contribution in [-0.4, -0.2) is 29.3 Å². The first-order chi connectivity index (χ1) is 8.34. The second-order valence-corrected chi connectivity index (χ2v) is 5.19. The molecule has 0 aromatic carbocycles. The van der Waals surface area contributed by atoms with E-state index in [1.54, 1.807) is 0 Å². The average Bonchev–Trinajstić information content (AvgIpc) is 2.68. The van der Waals surface area contributed by atoms with Gasteiger partial charge in [0.05, 0.1) is 5.69 Å². The quantitative estimate of drug-likeness (QED) is 0.832. The highest BCUT2D eigenvalue weighted by molar-refractivity contribution is 5.20. The maximum atomic E-state index is 5.55. The van der Waals surface area contributed by atoms with Gasteiger partial charge in [-0.3, -0.25) is 0 Å². The lowest BCUT2D eigenvalue weighted by Crippen LogP contribution is -2.24. The third-order valence-corrected chi connectivity index (χ3v) is 3.95. The molecule has 17 heavy (non-hydrogen) atoms. The molecule has 3 rings (SSSR count). The predicted octanol–water partition coefficient (Wildman–Crippen LogP) is 1.03. The van der Waals surface area contributed by atoms with Crippen LogP contribution >= 0.6 is 0 Å². The lowest BCUT2D eigenvalue weighted by Gasteiger charge is -2.21. The zero-order valence-corrected chi connectivity index (χ0v) is 10.5. The molecule has 1 atom stereocenters. The highest BCUT2D eigenvalue weighted by atomic mass is 16.5. The average molecular weight is 235 g/mol. The summed E-state index contributed by atoms with van der Waals surface area (Å²) < 4.78 is 7.86. The number of aromatic nitrogens is 2. The SMILES string of the molecule is Cn1c(CC2CCCOC2)nc2c1CCNC2. The first kappa shape index (κ1) is 11.2. The summed E-state index contributed by atoms with van der Waals surface area (Å²) in [6.45, 7) is 3.87. The fourth-order valence-electron chi connectivity index (χ4n) is 2.92. The second kappa shape index (κ2) is 4.78. The largest absolute Gasteiger partial charge is 0.381 e. The van der Waals surface area contributed by atoms with E-state index in [-0.39, 0.29) is 0 Å². The van der Waals surface area contributed by atoms with Gasteiger partial charge in [-0.1, -0.05) is 0 Å². The number of rotatable bonds is 2. The Bertz CT molecular complexity index is 394. The van der Waals surface area contributed by atoms with Crippen LogP contribution in [0.5, 0.6) is 0 Å². The molecule has 0 aliphatic carbocycles. The summed E-state index contributed by atoms with van der Waals surface area (Å²) >= 11 is 0. The van der Waals surface area contributed by atoms with E-state index in [2.05, 4.69) is 16.9 Å². The molecule has 1 unspecified atom stereocenters. The molecular weight excluding hydrogens is 214 g/mol. The summed E-state index contributed by atoms with van der Waals surface area (Å²) in [5, 5.41) is 3.38. The van der Waals surface area contributed by atoms with Gasteiger partial charge in [0.2, 0.25) is 0 Å². The van der Waals surface area contributed by atoms with Crippen molar-refractivity contribution in [3.63, 3.8) is 0 Å². The molecule has 0 saturated carbocycles. The molecular formula is C13H21N3O. The van der Waals surface area contributed by atoms with Gasteiger partial charge in [0.15, 0.2) is 0 Å². The van der Waals surface area contributed by atoms with Gasteiger partial charge in [0.1, 0.15) is 5.82 Å². The van der Waals surface area contributed by atoms with E-state index >= 15 is 0 Å². The highest BCUT2D eigenvalue weighted by Crippen LogP contribution is 2.21. The number of fused-ring (bicyclic) bond motifs is 1. The summed E-state index contributed by atoms with van der Waals surface area (Å²) in [5.41, 5.74) is 2.68. The van der Waals surface area contributed by atoms with Crippen LogP contribution in [0.15, 0.2) is 0 Å². The summed E-state index contributed by atoms with van der Waals surface area (Å²) in [6.07, 6.45) is 4.68. The lowest BCUT2D eigenvalue weighted by molar-refractivity contribution is 0.0540. The third kappa shape index (κ3) is 2.24. The molecule has 0 bridgehead atoms. The fourth-order valence-corrected chi connectivity index (χ4v) is 2.92. The van der Waals surface area contributed by atoms with Crippen molar-refractivity contribution in [3.05, 3.63) is 17.2 Å². The molecule has 1 aromatic heterocycles. The number of hydrogen-bond acceptors (Lipinski definition) is 3. The first-order valence-corrected chi connectivity index (χ1v) is 6.66. The molecule has 0 spiro atoms. The molecule has 2 aliphatic heterocycles. The van der Waals surface area contributed by atoms with Crippen molar-refractivity contribution in [1.29, 1.82) is 0 Å². The van der Waals surface area contributed by atoms with Crippen LogP contribution in [0, 0.1) is 5.92 Å². The van der Waals surface area contributed by atoms with Crippen molar-refractivity contribution >= 4 is 0 Å². The molecule has 2 aliphatic rings. The van der Waals surface area contributed by atoms with Crippen molar-refractivity contribution in [2.75, 3.05) is 19.8 Å². The predicted molar refractivity (Wildman–Crippen MR) is 65.9 cm³/mol. The van der Waals surface area contributed by atoms with Crippen molar-refractivity contribution in [2.45, 2.75) is 32.2 Å². The Kier molecular flexibility index (Phi) is 3.16. The lowest BCUT2D eigenvalue weighted by atomic mass is 9.98. The number of nitrogens with zero attached hydrogens (tertiary/aromatic N) is 2. The highest BCUT2D eigenvalue weighted by Gasteiger charge is 2.21. The first-order valence-electron chi connectivity index (χ1n) is 6.66. The minimum absolute atomic E-state index is 0.666. The van der Waals surface area contributed by atoms with Crippen LogP contribution in [0.4, 0.5) is 0 Å². The van der Waals surface area contributed by atoms with Gasteiger partial charge in [-0.05, 0) is 18.8 Å². The van der Waals surface area contributed by atoms with Crippen LogP contribution in [0.2, 0.25) is 0 Å². The fraction of sp³-hybridized carbons (Fsp3) is 0.769. The molecule has 3 heterocycles. The maximum absolute atomic E-state index is 5.55. The standard InChI is InChI=1S/C13H21N3O/c1-16-12-4-5-14-8-11(12)15-13(16)7-10-3-2-6-17-9-10/h10,14H,2-9H2,1H3. The molecule has 1 saturated heterocycles. The number of ether oxygens (including phenoxy) is 1. The van der Waals surface area contributed by atoms with E-state index in [0.29, 0.717) is 5.92 Å². The topological polar surface area (TPSA) is 39.1 Å². The Morgan fingerprint density at radius 3 is 3.24 bits per heavy atom. The van der Waals surface area contributed by atoms with Crippen molar-refractivity contribution in [2.24, 2.45) is 13.0 Å². The summed E-state index contributed by atoms with van der Waals surface area (Å²) in [5.74, 6) is 1.91. The maximum Gasteiger partial charge on any atom is 0.109 e. The van der Waals surface area contributed by atoms with Gasteiger partial charge >= 0.3 is 0 Å². The smallest absolute Gasteiger partial charge is 0.109 e. The van der Waals surface area contributed by atoms with Crippen molar-refractivity contribution in [1.82, 2.24) is 14.9 Å². The van der Waals surface area contributed by atoms with E-state index in [1.165, 1.54) is 30.1 Å². The normalized spacial score (nSPS) is 24.6. The van der Waals surface area contributed by atoms with Crippen molar-refractivity contribution in [3.8, 4) is 0 Å². The Labute approximate surface area is 102 Å². The molecule has 0 amide bonds. The number of nitrogens with one attached hydrogen (secondary N) is 1. The van der Waals surface area contributed by atoms with E-state index < -0.39 is 0 Å². The van der Waals surface area contributed by atoms with Crippen LogP contribution in [-0.2, 0) is 31.2 Å². The van der Waals surface area contributed by atoms with Crippen molar-refractivity contribution < 1.29 is 4.74 Å². The third-order valence-electron chi connectivity index (χ3n) is 3.95. The molecule has 4 heteroatoms. The Balaban J connectivity index is 1.76.